The van der Waals surface area contributed by atoms with Crippen LogP contribution in [-0.2, 0) is 4.74 Å². The van der Waals surface area contributed by atoms with Gasteiger partial charge in [-0.1, -0.05) is 0 Å². The first kappa shape index (κ1) is 19.6. The molecular weight excluding hydrogens is 366 g/mol. The van der Waals surface area contributed by atoms with Crippen molar-refractivity contribution in [3.05, 3.63) is 42.0 Å². The molecule has 29 heavy (non-hydrogen) atoms. The maximum absolute atomic E-state index is 5.66. The van der Waals surface area contributed by atoms with Crippen molar-refractivity contribution in [3.63, 3.8) is 0 Å². The van der Waals surface area contributed by atoms with Gasteiger partial charge in [0, 0.05) is 49.7 Å². The number of aliphatic imine (C=N–C) groups is 1. The molecule has 0 amide bonds. The van der Waals surface area contributed by atoms with E-state index in [1.807, 2.05) is 24.4 Å². The van der Waals surface area contributed by atoms with Gasteiger partial charge in [0.05, 0.1) is 38.8 Å². The van der Waals surface area contributed by atoms with Crippen LogP contribution in [0.3, 0.4) is 0 Å². The number of rotatable bonds is 6. The average molecular weight is 396 g/mol. The van der Waals surface area contributed by atoms with Crippen LogP contribution in [0.1, 0.15) is 18.4 Å². The predicted octanol–water partition coefficient (Wildman–Crippen LogP) is 3.89. The molecule has 0 bridgehead atoms. The van der Waals surface area contributed by atoms with Crippen LogP contribution in [0.4, 0.5) is 17.1 Å². The van der Waals surface area contributed by atoms with Crippen LogP contribution >= 0.6 is 0 Å². The lowest BCUT2D eigenvalue weighted by molar-refractivity contribution is 0.122. The van der Waals surface area contributed by atoms with E-state index in [1.54, 1.807) is 14.2 Å². The first-order chi connectivity index (χ1) is 14.3. The van der Waals surface area contributed by atoms with Gasteiger partial charge in [0.1, 0.15) is 11.5 Å². The van der Waals surface area contributed by atoms with Crippen molar-refractivity contribution in [1.29, 1.82) is 0 Å². The molecule has 2 aliphatic rings. The molecule has 0 radical (unpaired) electrons. The second kappa shape index (κ2) is 9.18. The Kier molecular flexibility index (Phi) is 6.20. The van der Waals surface area contributed by atoms with Gasteiger partial charge < -0.3 is 24.0 Å². The summed E-state index contributed by atoms with van der Waals surface area (Å²) in [5.74, 6) is 1.67. The van der Waals surface area contributed by atoms with Gasteiger partial charge in [-0.25, -0.2) is 0 Å². The molecule has 2 fully saturated rings. The molecule has 2 saturated heterocycles. The Morgan fingerprint density at radius 3 is 2.21 bits per heavy atom. The molecule has 2 heterocycles. The number of hydrogen-bond donors (Lipinski definition) is 0. The van der Waals surface area contributed by atoms with Gasteiger partial charge in [-0.2, -0.15) is 0 Å². The molecular formula is C23H29N3O3. The number of ether oxygens (including phenoxy) is 3. The second-order valence-corrected chi connectivity index (χ2v) is 7.33. The molecule has 0 atom stereocenters. The highest BCUT2D eigenvalue weighted by Gasteiger charge is 2.19. The summed E-state index contributed by atoms with van der Waals surface area (Å²) < 4.78 is 16.7. The zero-order valence-electron chi connectivity index (χ0n) is 17.3. The van der Waals surface area contributed by atoms with Gasteiger partial charge >= 0.3 is 0 Å². The summed E-state index contributed by atoms with van der Waals surface area (Å²) in [7, 11) is 3.41. The van der Waals surface area contributed by atoms with E-state index in [-0.39, 0.29) is 0 Å². The van der Waals surface area contributed by atoms with E-state index in [0.29, 0.717) is 0 Å². The van der Waals surface area contributed by atoms with Gasteiger partial charge in [0.2, 0.25) is 0 Å². The van der Waals surface area contributed by atoms with E-state index in [0.717, 1.165) is 67.8 Å². The maximum Gasteiger partial charge on any atom is 0.143 e. The Hall–Kier alpha value is -2.73. The third-order valence-corrected chi connectivity index (χ3v) is 5.56. The van der Waals surface area contributed by atoms with E-state index in [4.69, 9.17) is 14.2 Å². The second-order valence-electron chi connectivity index (χ2n) is 7.33. The molecule has 0 saturated carbocycles. The highest BCUT2D eigenvalue weighted by Crippen LogP contribution is 2.36. The summed E-state index contributed by atoms with van der Waals surface area (Å²) in [6.07, 6.45) is 4.28. The predicted molar refractivity (Wildman–Crippen MR) is 118 cm³/mol. The molecule has 154 valence electrons. The van der Waals surface area contributed by atoms with Crippen molar-refractivity contribution in [2.24, 2.45) is 4.99 Å². The lowest BCUT2D eigenvalue weighted by atomic mass is 10.1. The first-order valence-corrected chi connectivity index (χ1v) is 10.3. The minimum absolute atomic E-state index is 0.787. The molecule has 6 heteroatoms. The van der Waals surface area contributed by atoms with Crippen LogP contribution in [0, 0.1) is 0 Å². The van der Waals surface area contributed by atoms with E-state index in [1.165, 1.54) is 18.5 Å². The molecule has 0 aliphatic carbocycles. The minimum Gasteiger partial charge on any atom is -0.496 e. The van der Waals surface area contributed by atoms with Crippen LogP contribution in [0.2, 0.25) is 0 Å². The van der Waals surface area contributed by atoms with Gasteiger partial charge in [-0.05, 0) is 43.2 Å². The van der Waals surface area contributed by atoms with Gasteiger partial charge in [-0.15, -0.1) is 0 Å². The molecule has 2 aromatic rings. The third-order valence-electron chi connectivity index (χ3n) is 5.56. The highest BCUT2D eigenvalue weighted by molar-refractivity contribution is 5.88. The quantitative estimate of drug-likeness (QED) is 0.695. The van der Waals surface area contributed by atoms with Crippen molar-refractivity contribution in [1.82, 2.24) is 0 Å². The third kappa shape index (κ3) is 4.48. The number of morpholine rings is 1. The zero-order chi connectivity index (χ0) is 20.1. The summed E-state index contributed by atoms with van der Waals surface area (Å²) in [6.45, 7) is 5.56. The number of hydrogen-bond acceptors (Lipinski definition) is 6. The molecule has 6 nitrogen and oxygen atoms in total. The fourth-order valence-corrected chi connectivity index (χ4v) is 3.93. The minimum atomic E-state index is 0.787. The molecule has 0 aromatic heterocycles. The first-order valence-electron chi connectivity index (χ1n) is 10.3. The van der Waals surface area contributed by atoms with Crippen LogP contribution in [0.5, 0.6) is 11.5 Å². The topological polar surface area (TPSA) is 46.5 Å². The standard InChI is InChI=1S/C23H29N3O3/c1-27-22-16-21(26-9-3-4-10-26)23(28-2)15-18(22)17-24-19-5-7-20(8-6-19)25-11-13-29-14-12-25/h5-8,15-17H,3-4,9-14H2,1-2H3. The number of methoxy groups -OCH3 is 2. The van der Waals surface area contributed by atoms with Crippen molar-refractivity contribution < 1.29 is 14.2 Å². The van der Waals surface area contributed by atoms with E-state index >= 15 is 0 Å². The van der Waals surface area contributed by atoms with E-state index in [9.17, 15) is 0 Å². The smallest absolute Gasteiger partial charge is 0.143 e. The Bertz CT molecular complexity index is 839. The summed E-state index contributed by atoms with van der Waals surface area (Å²) in [5.41, 5.74) is 4.12. The summed E-state index contributed by atoms with van der Waals surface area (Å²) in [6, 6.07) is 12.4. The van der Waals surface area contributed by atoms with Crippen LogP contribution in [0.25, 0.3) is 0 Å². The lowest BCUT2D eigenvalue weighted by Gasteiger charge is -2.28. The Balaban J connectivity index is 1.54. The Morgan fingerprint density at radius 2 is 1.55 bits per heavy atom. The number of anilines is 2. The fraction of sp³-hybridized carbons (Fsp3) is 0.435. The number of nitrogens with zero attached hydrogens (tertiary/aromatic N) is 3. The molecule has 0 N–H and O–H groups in total. The van der Waals surface area contributed by atoms with Gasteiger partial charge in [0.25, 0.3) is 0 Å². The molecule has 0 spiro atoms. The largest absolute Gasteiger partial charge is 0.496 e. The van der Waals surface area contributed by atoms with Crippen molar-refractivity contribution >= 4 is 23.3 Å². The van der Waals surface area contributed by atoms with Crippen molar-refractivity contribution in [2.45, 2.75) is 12.8 Å². The summed E-state index contributed by atoms with van der Waals surface area (Å²) in [4.78, 5) is 9.35. The monoisotopic (exact) mass is 395 g/mol. The molecule has 0 unspecified atom stereocenters. The van der Waals surface area contributed by atoms with Crippen LogP contribution < -0.4 is 19.3 Å². The SMILES string of the molecule is COc1cc(N2CCCC2)c(OC)cc1C=Nc1ccc(N2CCOCC2)cc1. The summed E-state index contributed by atoms with van der Waals surface area (Å²) >= 11 is 0. The average Bonchev–Trinajstić information content (AvgIpc) is 3.33. The van der Waals surface area contributed by atoms with E-state index in [2.05, 4.69) is 33.0 Å². The molecule has 2 aliphatic heterocycles. The lowest BCUT2D eigenvalue weighted by Crippen LogP contribution is -2.36. The Morgan fingerprint density at radius 1 is 0.862 bits per heavy atom. The van der Waals surface area contributed by atoms with E-state index < -0.39 is 0 Å². The van der Waals surface area contributed by atoms with Crippen LogP contribution in [-0.4, -0.2) is 59.8 Å². The fourth-order valence-electron chi connectivity index (χ4n) is 3.93. The molecule has 2 aromatic carbocycles. The van der Waals surface area contributed by atoms with Gasteiger partial charge in [-0.3, -0.25) is 4.99 Å². The summed E-state index contributed by atoms with van der Waals surface area (Å²) in [5, 5.41) is 0. The zero-order valence-corrected chi connectivity index (χ0v) is 17.3. The maximum atomic E-state index is 5.66. The highest BCUT2D eigenvalue weighted by atomic mass is 16.5. The Labute approximate surface area is 172 Å². The molecule has 4 rings (SSSR count). The van der Waals surface area contributed by atoms with Gasteiger partial charge in [0.15, 0.2) is 0 Å². The number of benzene rings is 2. The van der Waals surface area contributed by atoms with Crippen molar-refractivity contribution in [2.75, 3.05) is 63.4 Å². The van der Waals surface area contributed by atoms with Crippen molar-refractivity contribution in [3.8, 4) is 11.5 Å². The normalized spacial score (nSPS) is 17.2. The van der Waals surface area contributed by atoms with Crippen LogP contribution in [0.15, 0.2) is 41.4 Å².